The molecule has 2 rings (SSSR count). The predicted octanol–water partition coefficient (Wildman–Crippen LogP) is 3.36. The van der Waals surface area contributed by atoms with E-state index in [0.29, 0.717) is 5.76 Å². The van der Waals surface area contributed by atoms with Gasteiger partial charge in [-0.15, -0.1) is 0 Å². The molecule has 4 nitrogen and oxygen atoms in total. The highest BCUT2D eigenvalue weighted by Gasteiger charge is 2.00. The third-order valence-electron chi connectivity index (χ3n) is 3.24. The smallest absolute Gasteiger partial charge is 0.339 e. The van der Waals surface area contributed by atoms with E-state index in [-0.39, 0.29) is 5.75 Å². The molecule has 0 unspecified atom stereocenters. The second-order valence-electron chi connectivity index (χ2n) is 4.63. The summed E-state index contributed by atoms with van der Waals surface area (Å²) in [4.78, 5) is 13.4. The molecule has 1 N–H and O–H groups in total. The van der Waals surface area contributed by atoms with E-state index >= 15 is 0 Å². The fourth-order valence-electron chi connectivity index (χ4n) is 2.13. The normalized spacial score (nSPS) is 11.0. The van der Waals surface area contributed by atoms with E-state index < -0.39 is 5.63 Å². The number of anilines is 1. The van der Waals surface area contributed by atoms with Crippen LogP contribution in [0.3, 0.4) is 0 Å². The molecular formula is C17H19NO3. The Hall–Kier alpha value is -2.49. The van der Waals surface area contributed by atoms with E-state index in [1.807, 2.05) is 18.2 Å². The van der Waals surface area contributed by atoms with Crippen LogP contribution in [0.25, 0.3) is 12.2 Å². The lowest BCUT2D eigenvalue weighted by Gasteiger charge is -2.20. The first-order valence-electron chi connectivity index (χ1n) is 6.99. The number of hydrogen-bond acceptors (Lipinski definition) is 4. The zero-order valence-corrected chi connectivity index (χ0v) is 12.2. The summed E-state index contributed by atoms with van der Waals surface area (Å²) in [5, 5.41) is 9.34. The van der Waals surface area contributed by atoms with Crippen LogP contribution in [-0.2, 0) is 0 Å². The van der Waals surface area contributed by atoms with Crippen LogP contribution in [0.15, 0.2) is 45.6 Å². The topological polar surface area (TPSA) is 53.7 Å². The van der Waals surface area contributed by atoms with E-state index in [0.717, 1.165) is 24.7 Å². The summed E-state index contributed by atoms with van der Waals surface area (Å²) in [6.07, 6.45) is 3.50. The first-order chi connectivity index (χ1) is 10.1. The van der Waals surface area contributed by atoms with Gasteiger partial charge in [0.1, 0.15) is 11.5 Å². The number of aromatic hydroxyl groups is 1. The van der Waals surface area contributed by atoms with Gasteiger partial charge in [-0.1, -0.05) is 18.2 Å². The molecule has 0 bridgehead atoms. The molecule has 0 spiro atoms. The Bertz CT molecular complexity index is 667. The Balaban J connectivity index is 2.16. The molecule has 0 aliphatic heterocycles. The van der Waals surface area contributed by atoms with Crippen molar-refractivity contribution in [2.75, 3.05) is 18.0 Å². The van der Waals surface area contributed by atoms with Crippen LogP contribution in [0.1, 0.15) is 25.2 Å². The van der Waals surface area contributed by atoms with Crippen LogP contribution < -0.4 is 10.5 Å². The molecule has 1 aromatic carbocycles. The molecule has 0 saturated heterocycles. The summed E-state index contributed by atoms with van der Waals surface area (Å²) < 4.78 is 4.97. The molecule has 0 radical (unpaired) electrons. The Morgan fingerprint density at radius 3 is 2.33 bits per heavy atom. The van der Waals surface area contributed by atoms with E-state index in [9.17, 15) is 9.90 Å². The number of rotatable bonds is 5. The minimum atomic E-state index is -0.563. The third kappa shape index (κ3) is 3.99. The largest absolute Gasteiger partial charge is 0.508 e. The highest BCUT2D eigenvalue weighted by Crippen LogP contribution is 2.17. The van der Waals surface area contributed by atoms with Crippen molar-refractivity contribution in [3.63, 3.8) is 0 Å². The quantitative estimate of drug-likeness (QED) is 0.915. The first-order valence-corrected chi connectivity index (χ1v) is 6.99. The Kier molecular flexibility index (Phi) is 4.82. The lowest BCUT2D eigenvalue weighted by Crippen LogP contribution is -2.21. The summed E-state index contributed by atoms with van der Waals surface area (Å²) >= 11 is 0. The van der Waals surface area contributed by atoms with Crippen LogP contribution in [0.2, 0.25) is 0 Å². The predicted molar refractivity (Wildman–Crippen MR) is 85.6 cm³/mol. The summed E-state index contributed by atoms with van der Waals surface area (Å²) in [6, 6.07) is 10.6. The highest BCUT2D eigenvalue weighted by atomic mass is 16.4. The van der Waals surface area contributed by atoms with E-state index in [2.05, 4.69) is 30.9 Å². The van der Waals surface area contributed by atoms with Gasteiger partial charge in [-0.3, -0.25) is 0 Å². The number of hydrogen-bond donors (Lipinski definition) is 1. The van der Waals surface area contributed by atoms with Crippen molar-refractivity contribution in [3.8, 4) is 5.75 Å². The van der Waals surface area contributed by atoms with Crippen molar-refractivity contribution in [3.05, 3.63) is 58.1 Å². The molecule has 0 amide bonds. The monoisotopic (exact) mass is 285 g/mol. The zero-order valence-electron chi connectivity index (χ0n) is 12.2. The molecule has 0 fully saturated rings. The van der Waals surface area contributed by atoms with E-state index in [4.69, 9.17) is 4.42 Å². The van der Waals surface area contributed by atoms with Crippen molar-refractivity contribution in [1.82, 2.24) is 0 Å². The van der Waals surface area contributed by atoms with Gasteiger partial charge in [0, 0.05) is 24.8 Å². The minimum Gasteiger partial charge on any atom is -0.508 e. The maximum atomic E-state index is 11.1. The SMILES string of the molecule is CCN(CC)c1ccc(C=Cc2cc(O)cc(=O)o2)cc1. The molecule has 21 heavy (non-hydrogen) atoms. The average Bonchev–Trinajstić information content (AvgIpc) is 2.47. The Morgan fingerprint density at radius 1 is 1.10 bits per heavy atom. The number of nitrogens with zero attached hydrogens (tertiary/aromatic N) is 1. The Morgan fingerprint density at radius 2 is 1.76 bits per heavy atom. The van der Waals surface area contributed by atoms with Gasteiger partial charge >= 0.3 is 5.63 Å². The second-order valence-corrected chi connectivity index (χ2v) is 4.63. The van der Waals surface area contributed by atoms with E-state index in [1.165, 1.54) is 11.8 Å². The van der Waals surface area contributed by atoms with Crippen molar-refractivity contribution in [1.29, 1.82) is 0 Å². The maximum Gasteiger partial charge on any atom is 0.339 e. The van der Waals surface area contributed by atoms with Gasteiger partial charge in [0.15, 0.2) is 0 Å². The van der Waals surface area contributed by atoms with Crippen molar-refractivity contribution in [2.45, 2.75) is 13.8 Å². The van der Waals surface area contributed by atoms with Gasteiger partial charge < -0.3 is 14.4 Å². The molecule has 1 aromatic heterocycles. The molecule has 110 valence electrons. The van der Waals surface area contributed by atoms with Crippen molar-refractivity contribution < 1.29 is 9.52 Å². The first kappa shape index (κ1) is 14.9. The fourth-order valence-corrected chi connectivity index (χ4v) is 2.13. The van der Waals surface area contributed by atoms with Gasteiger partial charge in [0.2, 0.25) is 0 Å². The van der Waals surface area contributed by atoms with Crippen LogP contribution in [0.4, 0.5) is 5.69 Å². The molecule has 0 atom stereocenters. The lowest BCUT2D eigenvalue weighted by atomic mass is 10.1. The van der Waals surface area contributed by atoms with Crippen LogP contribution in [0, 0.1) is 0 Å². The maximum absolute atomic E-state index is 11.1. The van der Waals surface area contributed by atoms with Gasteiger partial charge in [-0.25, -0.2) is 4.79 Å². The number of benzene rings is 1. The third-order valence-corrected chi connectivity index (χ3v) is 3.24. The molecular weight excluding hydrogens is 266 g/mol. The van der Waals surface area contributed by atoms with Gasteiger partial charge in [-0.2, -0.15) is 0 Å². The highest BCUT2D eigenvalue weighted by molar-refractivity contribution is 5.68. The lowest BCUT2D eigenvalue weighted by molar-refractivity contribution is 0.444. The molecule has 4 heteroatoms. The molecule has 2 aromatic rings. The summed E-state index contributed by atoms with van der Waals surface area (Å²) in [6.45, 7) is 6.20. The molecule has 0 aliphatic carbocycles. The standard InChI is InChI=1S/C17H19NO3/c1-3-18(4-2)14-8-5-13(6-9-14)7-10-16-11-15(19)12-17(20)21-16/h5-12,19H,3-4H2,1-2H3. The summed E-state index contributed by atoms with van der Waals surface area (Å²) in [5.74, 6) is 0.232. The van der Waals surface area contributed by atoms with Crippen molar-refractivity contribution >= 4 is 17.8 Å². The molecule has 0 aliphatic rings. The van der Waals surface area contributed by atoms with Crippen LogP contribution in [-0.4, -0.2) is 18.2 Å². The van der Waals surface area contributed by atoms with Crippen LogP contribution in [0.5, 0.6) is 5.75 Å². The van der Waals surface area contributed by atoms with E-state index in [1.54, 1.807) is 6.08 Å². The fraction of sp³-hybridized carbons (Fsp3) is 0.235. The average molecular weight is 285 g/mol. The molecule has 1 heterocycles. The van der Waals surface area contributed by atoms with Crippen LogP contribution >= 0.6 is 0 Å². The second kappa shape index (κ2) is 6.79. The van der Waals surface area contributed by atoms with Crippen molar-refractivity contribution in [2.24, 2.45) is 0 Å². The summed E-state index contributed by atoms with van der Waals surface area (Å²) in [7, 11) is 0. The molecule has 0 saturated carbocycles. The minimum absolute atomic E-state index is 0.0946. The summed E-state index contributed by atoms with van der Waals surface area (Å²) in [5.41, 5.74) is 1.62. The Labute approximate surface area is 124 Å². The van der Waals surface area contributed by atoms with Gasteiger partial charge in [-0.05, 0) is 37.6 Å². The van der Waals surface area contributed by atoms with Gasteiger partial charge in [0.25, 0.3) is 0 Å². The zero-order chi connectivity index (χ0) is 15.2. The van der Waals surface area contributed by atoms with Gasteiger partial charge in [0.05, 0.1) is 6.07 Å².